The first-order valence-electron chi connectivity index (χ1n) is 11.2. The maximum atomic E-state index is 12.9. The summed E-state index contributed by atoms with van der Waals surface area (Å²) in [5, 5.41) is 2.62. The fourth-order valence-corrected chi connectivity index (χ4v) is 5.81. The van der Waals surface area contributed by atoms with Gasteiger partial charge >= 0.3 is 0 Å². The Morgan fingerprint density at radius 1 is 1.11 bits per heavy atom. The van der Waals surface area contributed by atoms with Gasteiger partial charge in [-0.3, -0.25) is 4.79 Å². The minimum Gasteiger partial charge on any atom is -0.308 e. The fraction of sp³-hybridized carbons (Fsp3) is 0.0741. The molecule has 0 spiro atoms. The van der Waals surface area contributed by atoms with Crippen LogP contribution in [-0.2, 0) is 16.6 Å². The third-order valence-electron chi connectivity index (χ3n) is 5.86. The molecule has 186 valence electrons. The Labute approximate surface area is 223 Å². The smallest absolute Gasteiger partial charge is 0.283 e. The minimum atomic E-state index is -4.08. The minimum absolute atomic E-state index is 0.0333. The molecule has 0 saturated carbocycles. The van der Waals surface area contributed by atoms with Crippen molar-refractivity contribution in [2.45, 2.75) is 18.4 Å². The maximum absolute atomic E-state index is 12.9. The summed E-state index contributed by atoms with van der Waals surface area (Å²) in [6.07, 6.45) is 1.60. The van der Waals surface area contributed by atoms with E-state index in [4.69, 9.17) is 11.6 Å². The van der Waals surface area contributed by atoms with Crippen LogP contribution in [0.2, 0.25) is 5.02 Å². The van der Waals surface area contributed by atoms with Crippen molar-refractivity contribution >= 4 is 56.1 Å². The molecule has 0 bridgehead atoms. The normalized spacial score (nSPS) is 11.5. The zero-order chi connectivity index (χ0) is 26.2. The largest absolute Gasteiger partial charge is 0.308 e. The number of rotatable bonds is 7. The van der Waals surface area contributed by atoms with Crippen molar-refractivity contribution in [2.24, 2.45) is 0 Å². The lowest BCUT2D eigenvalue weighted by molar-refractivity contribution is 0.0977. The van der Waals surface area contributed by atoms with E-state index in [0.29, 0.717) is 28.6 Å². The van der Waals surface area contributed by atoms with Gasteiger partial charge in [-0.05, 0) is 65.4 Å². The highest BCUT2D eigenvalue weighted by Crippen LogP contribution is 2.30. The van der Waals surface area contributed by atoms with Gasteiger partial charge in [0.25, 0.3) is 15.9 Å². The predicted octanol–water partition coefficient (Wildman–Crippen LogP) is 5.93. The number of hydrogen-bond acceptors (Lipinski definition) is 6. The second-order valence-corrected chi connectivity index (χ2v) is 11.3. The zero-order valence-electron chi connectivity index (χ0n) is 19.7. The van der Waals surface area contributed by atoms with Gasteiger partial charge in [0.1, 0.15) is 17.0 Å². The molecular formula is C27H21ClN4O3S2. The number of amides is 1. The molecule has 5 rings (SSSR count). The summed E-state index contributed by atoms with van der Waals surface area (Å²) < 4.78 is 29.4. The molecule has 3 heterocycles. The Morgan fingerprint density at radius 3 is 2.57 bits per heavy atom. The monoisotopic (exact) mass is 548 g/mol. The molecule has 1 amide bonds. The van der Waals surface area contributed by atoms with Crippen molar-refractivity contribution < 1.29 is 13.2 Å². The topological polar surface area (TPSA) is 94.0 Å². The zero-order valence-corrected chi connectivity index (χ0v) is 22.1. The van der Waals surface area contributed by atoms with Gasteiger partial charge in [-0.15, -0.1) is 11.3 Å². The number of imidazole rings is 1. The summed E-state index contributed by atoms with van der Waals surface area (Å²) in [5.41, 5.74) is 3.67. The molecule has 0 aliphatic heterocycles. The number of carbonyl (C=O) groups is 1. The van der Waals surface area contributed by atoms with Crippen LogP contribution in [0.5, 0.6) is 0 Å². The first kappa shape index (κ1) is 24.9. The highest BCUT2D eigenvalue weighted by Gasteiger charge is 2.21. The average Bonchev–Trinajstić information content (AvgIpc) is 3.53. The summed E-state index contributed by atoms with van der Waals surface area (Å²) in [4.78, 5) is 22.9. The summed E-state index contributed by atoms with van der Waals surface area (Å²) in [6, 6.07) is 19.1. The lowest BCUT2D eigenvalue weighted by Gasteiger charge is -2.11. The molecule has 0 radical (unpaired) electrons. The molecule has 0 fully saturated rings. The van der Waals surface area contributed by atoms with Crippen molar-refractivity contribution in [3.63, 3.8) is 0 Å². The molecule has 0 atom stereocenters. The number of nitrogens with one attached hydrogen (secondary N) is 1. The Bertz CT molecular complexity index is 1740. The maximum Gasteiger partial charge on any atom is 0.283 e. The van der Waals surface area contributed by atoms with Crippen molar-refractivity contribution in [1.82, 2.24) is 19.3 Å². The van der Waals surface area contributed by atoms with E-state index in [1.165, 1.54) is 18.2 Å². The summed E-state index contributed by atoms with van der Waals surface area (Å²) >= 11 is 8.25. The van der Waals surface area contributed by atoms with Crippen molar-refractivity contribution in [3.8, 4) is 10.4 Å². The van der Waals surface area contributed by atoms with Gasteiger partial charge in [0.05, 0.1) is 11.4 Å². The predicted molar refractivity (Wildman–Crippen MR) is 147 cm³/mol. The number of carbonyl (C=O) groups excluding carboxylic acids is 1. The van der Waals surface area contributed by atoms with E-state index in [1.807, 2.05) is 47.2 Å². The van der Waals surface area contributed by atoms with Crippen LogP contribution in [0.25, 0.3) is 27.7 Å². The number of pyridine rings is 1. The average molecular weight is 549 g/mol. The number of thiophene rings is 1. The number of aryl methyl sites for hydroxylation is 1. The lowest BCUT2D eigenvalue weighted by Crippen LogP contribution is -2.31. The Balaban J connectivity index is 1.42. The highest BCUT2D eigenvalue weighted by molar-refractivity contribution is 7.90. The molecule has 0 unspecified atom stereocenters. The number of fused-ring (bicyclic) bond motifs is 1. The number of benzene rings is 2. The van der Waals surface area contributed by atoms with Crippen LogP contribution in [0.15, 0.2) is 83.6 Å². The molecule has 7 nitrogen and oxygen atoms in total. The van der Waals surface area contributed by atoms with Crippen molar-refractivity contribution in [2.75, 3.05) is 0 Å². The summed E-state index contributed by atoms with van der Waals surface area (Å²) in [7, 11) is -4.08. The van der Waals surface area contributed by atoms with E-state index < -0.39 is 15.9 Å². The first-order valence-corrected chi connectivity index (χ1v) is 13.9. The molecule has 10 heteroatoms. The van der Waals surface area contributed by atoms with Crippen LogP contribution in [0, 0.1) is 6.92 Å². The van der Waals surface area contributed by atoms with Gasteiger partial charge in [-0.25, -0.2) is 23.1 Å². The fourth-order valence-electron chi connectivity index (χ4n) is 3.89. The lowest BCUT2D eigenvalue weighted by atomic mass is 10.1. The number of aromatic nitrogens is 3. The van der Waals surface area contributed by atoms with Gasteiger partial charge in [0.2, 0.25) is 0 Å². The van der Waals surface area contributed by atoms with E-state index in [9.17, 15) is 13.2 Å². The second kappa shape index (κ2) is 9.93. The molecule has 37 heavy (non-hydrogen) atoms. The number of nitrogens with zero attached hydrogens (tertiary/aromatic N) is 3. The van der Waals surface area contributed by atoms with E-state index in [0.717, 1.165) is 21.6 Å². The van der Waals surface area contributed by atoms with Gasteiger partial charge < -0.3 is 4.57 Å². The first-order chi connectivity index (χ1) is 17.7. The van der Waals surface area contributed by atoms with Gasteiger partial charge in [0, 0.05) is 9.90 Å². The van der Waals surface area contributed by atoms with Gasteiger partial charge in [-0.2, -0.15) is 0 Å². The van der Waals surface area contributed by atoms with E-state index in [1.54, 1.807) is 35.6 Å². The Morgan fingerprint density at radius 2 is 1.89 bits per heavy atom. The molecule has 0 aliphatic rings. The van der Waals surface area contributed by atoms with E-state index in [-0.39, 0.29) is 10.6 Å². The summed E-state index contributed by atoms with van der Waals surface area (Å²) in [5.74, 6) is -0.146. The van der Waals surface area contributed by atoms with E-state index in [2.05, 4.69) is 21.3 Å². The highest BCUT2D eigenvalue weighted by atomic mass is 35.5. The van der Waals surface area contributed by atoms with E-state index >= 15 is 0 Å². The van der Waals surface area contributed by atoms with Crippen molar-refractivity contribution in [3.05, 3.63) is 106 Å². The van der Waals surface area contributed by atoms with Crippen LogP contribution in [0.3, 0.4) is 0 Å². The number of halogens is 1. The second-order valence-electron chi connectivity index (χ2n) is 8.28. The van der Waals surface area contributed by atoms with Crippen LogP contribution in [0.4, 0.5) is 0 Å². The molecule has 5 aromatic rings. The number of hydrogen-bond donors (Lipinski definition) is 1. The van der Waals surface area contributed by atoms with Crippen LogP contribution in [0.1, 0.15) is 27.4 Å². The van der Waals surface area contributed by atoms with Crippen molar-refractivity contribution in [1.29, 1.82) is 0 Å². The third-order valence-corrected chi connectivity index (χ3v) is 8.47. The Hall–Kier alpha value is -3.79. The van der Waals surface area contributed by atoms with Crippen LogP contribution < -0.4 is 4.72 Å². The quantitative estimate of drug-likeness (QED) is 0.272. The SMILES string of the molecule is C=Cc1ccc(S(=O)(=O)NC(=O)c2ccc3nc(C)n(Cc4ccc(-c5cccs5)cc4Cl)c3n2)cc1. The standard InChI is InChI=1S/C27H21ClN4O3S2/c1-3-18-6-10-21(11-7-18)37(34,35)31-27(33)24-13-12-23-26(30-24)32(17(2)29-23)16-20-9-8-19(15-22(20)28)25-5-4-14-36-25/h3-15H,1,16H2,2H3,(H,31,33). The van der Waals surface area contributed by atoms with Crippen LogP contribution >= 0.6 is 22.9 Å². The molecule has 0 saturated heterocycles. The molecule has 0 aliphatic carbocycles. The Kier molecular flexibility index (Phi) is 6.68. The molecular weight excluding hydrogens is 528 g/mol. The van der Waals surface area contributed by atoms with Crippen LogP contribution in [-0.4, -0.2) is 28.9 Å². The number of sulfonamides is 1. The van der Waals surface area contributed by atoms with Gasteiger partial charge in [-0.1, -0.05) is 54.6 Å². The summed E-state index contributed by atoms with van der Waals surface area (Å²) in [6.45, 7) is 5.88. The molecule has 1 N–H and O–H groups in total. The molecule has 2 aromatic carbocycles. The van der Waals surface area contributed by atoms with Gasteiger partial charge in [0.15, 0.2) is 5.65 Å². The molecule has 3 aromatic heterocycles. The third kappa shape index (κ3) is 5.06.